The van der Waals surface area contributed by atoms with Crippen LogP contribution in [-0.2, 0) is 0 Å². The van der Waals surface area contributed by atoms with Gasteiger partial charge >= 0.3 is 0 Å². The van der Waals surface area contributed by atoms with E-state index in [0.29, 0.717) is 11.6 Å². The predicted octanol–water partition coefficient (Wildman–Crippen LogP) is 2.77. The van der Waals surface area contributed by atoms with E-state index < -0.39 is 0 Å². The summed E-state index contributed by atoms with van der Waals surface area (Å²) in [5.74, 6) is 0.553. The molecule has 0 aliphatic heterocycles. The van der Waals surface area contributed by atoms with Crippen LogP contribution in [0.5, 0.6) is 0 Å². The quantitative estimate of drug-likeness (QED) is 0.797. The molecule has 0 aromatic carbocycles. The summed E-state index contributed by atoms with van der Waals surface area (Å²) in [7, 11) is 0. The van der Waals surface area contributed by atoms with E-state index in [1.165, 1.54) is 25.7 Å². The van der Waals surface area contributed by atoms with Crippen LogP contribution in [0.25, 0.3) is 11.1 Å². The molecule has 1 aliphatic carbocycles. The average molecular weight is 217 g/mol. The summed E-state index contributed by atoms with van der Waals surface area (Å²) in [6.45, 7) is 1.89. The molecule has 0 radical (unpaired) electrons. The minimum atomic E-state index is 0.553. The number of hydrogen-bond donors (Lipinski definition) is 1. The van der Waals surface area contributed by atoms with Crippen molar-refractivity contribution in [3.05, 3.63) is 17.5 Å². The van der Waals surface area contributed by atoms with Crippen molar-refractivity contribution >= 4 is 16.8 Å². The van der Waals surface area contributed by atoms with Crippen molar-refractivity contribution in [2.45, 2.75) is 38.5 Å². The average Bonchev–Trinajstić information content (AvgIpc) is 2.87. The van der Waals surface area contributed by atoms with E-state index in [0.717, 1.165) is 22.5 Å². The maximum atomic E-state index is 6.03. The van der Waals surface area contributed by atoms with E-state index in [-0.39, 0.29) is 0 Å². The van der Waals surface area contributed by atoms with Gasteiger partial charge in [0.25, 0.3) is 5.71 Å². The van der Waals surface area contributed by atoms with E-state index in [1.54, 1.807) is 0 Å². The molecule has 2 heterocycles. The lowest BCUT2D eigenvalue weighted by molar-refractivity contribution is 0.441. The number of rotatable bonds is 1. The predicted molar refractivity (Wildman–Crippen MR) is 62.2 cm³/mol. The maximum absolute atomic E-state index is 6.03. The molecule has 3 rings (SSSR count). The topological polar surface area (TPSA) is 64.9 Å². The van der Waals surface area contributed by atoms with Crippen LogP contribution in [0.3, 0.4) is 0 Å². The van der Waals surface area contributed by atoms with Gasteiger partial charge in [0, 0.05) is 17.3 Å². The Bertz CT molecular complexity index is 526. The first kappa shape index (κ1) is 9.63. The van der Waals surface area contributed by atoms with Gasteiger partial charge in [0.2, 0.25) is 0 Å². The van der Waals surface area contributed by atoms with Crippen molar-refractivity contribution in [1.82, 2.24) is 10.1 Å². The van der Waals surface area contributed by atoms with Crippen molar-refractivity contribution in [2.24, 2.45) is 0 Å². The minimum Gasteiger partial charge on any atom is -0.398 e. The fraction of sp³-hybridized carbons (Fsp3) is 0.500. The van der Waals surface area contributed by atoms with Crippen molar-refractivity contribution < 1.29 is 4.52 Å². The molecule has 2 N–H and O–H groups in total. The zero-order chi connectivity index (χ0) is 11.1. The standard InChI is InChI=1S/C12H15N3O/c1-7-11-9(13)6-10(8-4-2-3-5-8)14-12(11)16-15-7/h6,8H,2-5H2,1H3,(H2,13,14). The van der Waals surface area contributed by atoms with Gasteiger partial charge in [0.1, 0.15) is 0 Å². The second kappa shape index (κ2) is 3.47. The molecule has 4 heteroatoms. The highest BCUT2D eigenvalue weighted by molar-refractivity contribution is 5.88. The Morgan fingerprint density at radius 1 is 1.38 bits per heavy atom. The number of fused-ring (bicyclic) bond motifs is 1. The van der Waals surface area contributed by atoms with Crippen molar-refractivity contribution in [3.63, 3.8) is 0 Å². The number of nitrogens with zero attached hydrogens (tertiary/aromatic N) is 2. The van der Waals surface area contributed by atoms with E-state index >= 15 is 0 Å². The number of aromatic nitrogens is 2. The summed E-state index contributed by atoms with van der Waals surface area (Å²) in [4.78, 5) is 4.53. The first-order valence-electron chi connectivity index (χ1n) is 5.78. The van der Waals surface area contributed by atoms with E-state index in [9.17, 15) is 0 Å². The van der Waals surface area contributed by atoms with Crippen molar-refractivity contribution in [2.75, 3.05) is 5.73 Å². The summed E-state index contributed by atoms with van der Waals surface area (Å²) in [5.41, 5.74) is 9.24. The first-order chi connectivity index (χ1) is 7.75. The van der Waals surface area contributed by atoms with Crippen LogP contribution in [0, 0.1) is 6.92 Å². The monoisotopic (exact) mass is 217 g/mol. The first-order valence-corrected chi connectivity index (χ1v) is 5.78. The molecule has 0 atom stereocenters. The normalized spacial score (nSPS) is 17.3. The molecule has 84 valence electrons. The van der Waals surface area contributed by atoms with Gasteiger partial charge in [-0.3, -0.25) is 0 Å². The molecule has 1 fully saturated rings. The van der Waals surface area contributed by atoms with E-state index in [4.69, 9.17) is 10.3 Å². The third-order valence-electron chi connectivity index (χ3n) is 3.44. The number of nitrogens with two attached hydrogens (primary N) is 1. The van der Waals surface area contributed by atoms with Crippen LogP contribution in [0.15, 0.2) is 10.6 Å². The van der Waals surface area contributed by atoms with Crippen molar-refractivity contribution in [3.8, 4) is 0 Å². The summed E-state index contributed by atoms with van der Waals surface area (Å²) in [6, 6.07) is 1.99. The highest BCUT2D eigenvalue weighted by atomic mass is 16.5. The third-order valence-corrected chi connectivity index (χ3v) is 3.44. The Labute approximate surface area is 93.8 Å². The fourth-order valence-corrected chi connectivity index (χ4v) is 2.58. The van der Waals surface area contributed by atoms with Gasteiger partial charge in [-0.1, -0.05) is 18.0 Å². The Balaban J connectivity index is 2.13. The van der Waals surface area contributed by atoms with Crippen LogP contribution >= 0.6 is 0 Å². The summed E-state index contributed by atoms with van der Waals surface area (Å²) in [6.07, 6.45) is 5.01. The molecule has 0 saturated heterocycles. The van der Waals surface area contributed by atoms with Crippen LogP contribution in [-0.4, -0.2) is 10.1 Å². The lowest BCUT2D eigenvalue weighted by Crippen LogP contribution is -1.99. The summed E-state index contributed by atoms with van der Waals surface area (Å²) in [5, 5.41) is 4.77. The van der Waals surface area contributed by atoms with Gasteiger partial charge < -0.3 is 10.3 Å². The highest BCUT2D eigenvalue weighted by Crippen LogP contribution is 2.35. The molecular weight excluding hydrogens is 202 g/mol. The van der Waals surface area contributed by atoms with E-state index in [1.807, 2.05) is 13.0 Å². The lowest BCUT2D eigenvalue weighted by Gasteiger charge is -2.08. The molecule has 2 aromatic rings. The summed E-state index contributed by atoms with van der Waals surface area (Å²) < 4.78 is 5.19. The SMILES string of the molecule is Cc1noc2nc(C3CCCC3)cc(N)c12. The van der Waals surface area contributed by atoms with Crippen molar-refractivity contribution in [1.29, 1.82) is 0 Å². The number of anilines is 1. The Hall–Kier alpha value is -1.58. The minimum absolute atomic E-state index is 0.553. The molecular formula is C12H15N3O. The van der Waals surface area contributed by atoms with Gasteiger partial charge in [0.05, 0.1) is 11.1 Å². The molecule has 0 bridgehead atoms. The molecule has 4 nitrogen and oxygen atoms in total. The Kier molecular flexibility index (Phi) is 2.09. The van der Waals surface area contributed by atoms with Gasteiger partial charge in [-0.15, -0.1) is 0 Å². The molecule has 1 saturated carbocycles. The highest BCUT2D eigenvalue weighted by Gasteiger charge is 2.21. The van der Waals surface area contributed by atoms with Crippen LogP contribution in [0.1, 0.15) is 43.0 Å². The molecule has 16 heavy (non-hydrogen) atoms. The summed E-state index contributed by atoms with van der Waals surface area (Å²) >= 11 is 0. The molecule has 2 aromatic heterocycles. The van der Waals surface area contributed by atoms with Gasteiger partial charge in [-0.2, -0.15) is 0 Å². The number of nitrogen functional groups attached to an aromatic ring is 1. The lowest BCUT2D eigenvalue weighted by atomic mass is 10.0. The molecule has 0 spiro atoms. The zero-order valence-corrected chi connectivity index (χ0v) is 9.36. The molecule has 0 unspecified atom stereocenters. The van der Waals surface area contributed by atoms with Gasteiger partial charge in [0.15, 0.2) is 0 Å². The zero-order valence-electron chi connectivity index (χ0n) is 9.36. The second-order valence-electron chi connectivity index (χ2n) is 4.57. The van der Waals surface area contributed by atoms with Crippen LogP contribution in [0.2, 0.25) is 0 Å². The van der Waals surface area contributed by atoms with Gasteiger partial charge in [-0.25, -0.2) is 4.98 Å². The number of hydrogen-bond acceptors (Lipinski definition) is 4. The Morgan fingerprint density at radius 3 is 2.88 bits per heavy atom. The van der Waals surface area contributed by atoms with Crippen LogP contribution < -0.4 is 5.73 Å². The van der Waals surface area contributed by atoms with Gasteiger partial charge in [-0.05, 0) is 25.8 Å². The fourth-order valence-electron chi connectivity index (χ4n) is 2.58. The van der Waals surface area contributed by atoms with Crippen LogP contribution in [0.4, 0.5) is 5.69 Å². The third kappa shape index (κ3) is 1.37. The molecule has 1 aliphatic rings. The second-order valence-corrected chi connectivity index (χ2v) is 4.57. The van der Waals surface area contributed by atoms with E-state index in [2.05, 4.69) is 10.1 Å². The largest absolute Gasteiger partial charge is 0.398 e. The maximum Gasteiger partial charge on any atom is 0.260 e. The number of aryl methyl sites for hydroxylation is 1. The smallest absolute Gasteiger partial charge is 0.260 e. The number of pyridine rings is 1. The molecule has 0 amide bonds. The Morgan fingerprint density at radius 2 is 2.12 bits per heavy atom.